The van der Waals surface area contributed by atoms with Crippen LogP contribution in [0.25, 0.3) is 0 Å². The first-order valence-electron chi connectivity index (χ1n) is 7.71. The number of carbonyl (C=O) groups is 1. The Kier molecular flexibility index (Phi) is 5.97. The molecule has 1 aromatic carbocycles. The highest BCUT2D eigenvalue weighted by molar-refractivity contribution is 7.90. The van der Waals surface area contributed by atoms with E-state index in [1.807, 2.05) is 18.2 Å². The van der Waals surface area contributed by atoms with Gasteiger partial charge in [0.05, 0.1) is 5.75 Å². The monoisotopic (exact) mass is 324 g/mol. The third-order valence-electron chi connectivity index (χ3n) is 4.03. The second-order valence-electron chi connectivity index (χ2n) is 5.89. The maximum atomic E-state index is 12.1. The number of nitrogens with one attached hydrogen (secondary N) is 1. The molecule has 1 aliphatic heterocycles. The van der Waals surface area contributed by atoms with E-state index in [1.54, 1.807) is 12.1 Å². The van der Waals surface area contributed by atoms with Crippen LogP contribution >= 0.6 is 0 Å². The molecule has 0 saturated carbocycles. The lowest BCUT2D eigenvalue weighted by Crippen LogP contribution is -2.48. The lowest BCUT2D eigenvalue weighted by molar-refractivity contribution is 0.0918. The standard InChI is InChI=1S/C16H24N2O3S/c1-22(20,21)12-11-18-10-6-5-9-15(18)13-17-16(19)14-7-3-2-4-8-14/h2-4,7-8,15H,5-6,9-13H2,1H3,(H,17,19). The van der Waals surface area contributed by atoms with Crippen LogP contribution in [0.2, 0.25) is 0 Å². The zero-order valence-electron chi connectivity index (χ0n) is 13.0. The first-order valence-corrected chi connectivity index (χ1v) is 9.77. The van der Waals surface area contributed by atoms with Gasteiger partial charge in [-0.25, -0.2) is 8.42 Å². The second-order valence-corrected chi connectivity index (χ2v) is 8.15. The van der Waals surface area contributed by atoms with Crippen molar-refractivity contribution in [3.05, 3.63) is 35.9 Å². The maximum Gasteiger partial charge on any atom is 0.251 e. The minimum absolute atomic E-state index is 0.0748. The molecule has 6 heteroatoms. The molecule has 0 aromatic heterocycles. The zero-order chi connectivity index (χ0) is 16.0. The summed E-state index contributed by atoms with van der Waals surface area (Å²) in [5.74, 6) is 0.102. The predicted octanol–water partition coefficient (Wildman–Crippen LogP) is 1.32. The normalized spacial score (nSPS) is 19.8. The summed E-state index contributed by atoms with van der Waals surface area (Å²) >= 11 is 0. The zero-order valence-corrected chi connectivity index (χ0v) is 13.8. The van der Waals surface area contributed by atoms with Crippen LogP contribution in [0.3, 0.4) is 0 Å². The van der Waals surface area contributed by atoms with Gasteiger partial charge in [-0.15, -0.1) is 0 Å². The van der Waals surface area contributed by atoms with Gasteiger partial charge in [-0.1, -0.05) is 24.6 Å². The number of hydrogen-bond donors (Lipinski definition) is 1. The molecule has 1 fully saturated rings. The number of rotatable bonds is 6. The fourth-order valence-corrected chi connectivity index (χ4v) is 3.34. The van der Waals surface area contributed by atoms with Crippen LogP contribution in [0.5, 0.6) is 0 Å². The van der Waals surface area contributed by atoms with Gasteiger partial charge < -0.3 is 5.32 Å². The fraction of sp³-hybridized carbons (Fsp3) is 0.562. The van der Waals surface area contributed by atoms with Gasteiger partial charge in [0, 0.05) is 31.0 Å². The van der Waals surface area contributed by atoms with Crippen molar-refractivity contribution in [1.82, 2.24) is 10.2 Å². The first-order chi connectivity index (χ1) is 10.5. The number of sulfone groups is 1. The second kappa shape index (κ2) is 7.74. The van der Waals surface area contributed by atoms with Crippen LogP contribution < -0.4 is 5.32 Å². The molecule has 1 N–H and O–H groups in total. The smallest absolute Gasteiger partial charge is 0.251 e. The number of likely N-dealkylation sites (tertiary alicyclic amines) is 1. The third kappa shape index (κ3) is 5.42. The summed E-state index contributed by atoms with van der Waals surface area (Å²) in [5.41, 5.74) is 0.654. The lowest BCUT2D eigenvalue weighted by atomic mass is 10.0. The van der Waals surface area contributed by atoms with Crippen LogP contribution in [-0.4, -0.2) is 56.9 Å². The first kappa shape index (κ1) is 17.0. The van der Waals surface area contributed by atoms with Crippen molar-refractivity contribution in [3.8, 4) is 0 Å². The molecule has 5 nitrogen and oxygen atoms in total. The Morgan fingerprint density at radius 1 is 1.27 bits per heavy atom. The molecule has 22 heavy (non-hydrogen) atoms. The topological polar surface area (TPSA) is 66.5 Å². The molecular formula is C16H24N2O3S. The Hall–Kier alpha value is -1.40. The van der Waals surface area contributed by atoms with E-state index in [0.29, 0.717) is 18.7 Å². The highest BCUT2D eigenvalue weighted by Crippen LogP contribution is 2.16. The highest BCUT2D eigenvalue weighted by atomic mass is 32.2. The minimum Gasteiger partial charge on any atom is -0.350 e. The average Bonchev–Trinajstić information content (AvgIpc) is 2.51. The Labute approximate surface area is 132 Å². The Bertz CT molecular complexity index is 587. The van der Waals surface area contributed by atoms with Crippen molar-refractivity contribution in [2.24, 2.45) is 0 Å². The van der Waals surface area contributed by atoms with Crippen molar-refractivity contribution < 1.29 is 13.2 Å². The minimum atomic E-state index is -2.95. The quantitative estimate of drug-likeness (QED) is 0.857. The van der Waals surface area contributed by atoms with E-state index < -0.39 is 9.84 Å². The largest absolute Gasteiger partial charge is 0.350 e. The molecule has 1 heterocycles. The summed E-state index contributed by atoms with van der Waals surface area (Å²) in [7, 11) is -2.95. The van der Waals surface area contributed by atoms with E-state index >= 15 is 0 Å². The van der Waals surface area contributed by atoms with E-state index in [1.165, 1.54) is 6.26 Å². The van der Waals surface area contributed by atoms with Crippen LogP contribution in [0, 0.1) is 0 Å². The molecule has 1 atom stereocenters. The molecule has 2 rings (SSSR count). The van der Waals surface area contributed by atoms with E-state index in [4.69, 9.17) is 0 Å². The Morgan fingerprint density at radius 3 is 2.68 bits per heavy atom. The predicted molar refractivity (Wildman–Crippen MR) is 87.7 cm³/mol. The van der Waals surface area contributed by atoms with Gasteiger partial charge in [0.1, 0.15) is 9.84 Å². The van der Waals surface area contributed by atoms with E-state index in [-0.39, 0.29) is 17.7 Å². The van der Waals surface area contributed by atoms with E-state index in [0.717, 1.165) is 25.8 Å². The van der Waals surface area contributed by atoms with Gasteiger partial charge >= 0.3 is 0 Å². The third-order valence-corrected chi connectivity index (χ3v) is 4.96. The Balaban J connectivity index is 1.87. The Morgan fingerprint density at radius 2 is 2.00 bits per heavy atom. The van der Waals surface area contributed by atoms with Crippen molar-refractivity contribution >= 4 is 15.7 Å². The summed E-state index contributed by atoms with van der Waals surface area (Å²) < 4.78 is 22.7. The van der Waals surface area contributed by atoms with Gasteiger partial charge in [-0.3, -0.25) is 9.69 Å². The molecular weight excluding hydrogens is 300 g/mol. The molecule has 0 radical (unpaired) electrons. The number of hydrogen-bond acceptors (Lipinski definition) is 4. The summed E-state index contributed by atoms with van der Waals surface area (Å²) in [6.45, 7) is 2.02. The molecule has 0 aliphatic carbocycles. The number of amides is 1. The molecule has 1 saturated heterocycles. The molecule has 1 amide bonds. The van der Waals surface area contributed by atoms with Crippen LogP contribution in [0.15, 0.2) is 30.3 Å². The number of carbonyl (C=O) groups excluding carboxylic acids is 1. The van der Waals surface area contributed by atoms with Gasteiger partial charge in [-0.2, -0.15) is 0 Å². The summed E-state index contributed by atoms with van der Waals surface area (Å²) in [6.07, 6.45) is 4.48. The van der Waals surface area contributed by atoms with Crippen LogP contribution in [0.4, 0.5) is 0 Å². The van der Waals surface area contributed by atoms with Gasteiger partial charge in [0.25, 0.3) is 5.91 Å². The van der Waals surface area contributed by atoms with E-state index in [9.17, 15) is 13.2 Å². The highest BCUT2D eigenvalue weighted by Gasteiger charge is 2.23. The van der Waals surface area contributed by atoms with Gasteiger partial charge in [0.2, 0.25) is 0 Å². The maximum absolute atomic E-state index is 12.1. The number of piperidine rings is 1. The van der Waals surface area contributed by atoms with Crippen molar-refractivity contribution in [2.45, 2.75) is 25.3 Å². The average molecular weight is 324 g/mol. The van der Waals surface area contributed by atoms with Gasteiger partial charge in [0.15, 0.2) is 0 Å². The molecule has 122 valence electrons. The molecule has 0 bridgehead atoms. The SMILES string of the molecule is CS(=O)(=O)CCN1CCCCC1CNC(=O)c1ccccc1. The number of nitrogens with zero attached hydrogens (tertiary/aromatic N) is 1. The molecule has 1 aliphatic rings. The lowest BCUT2D eigenvalue weighted by Gasteiger charge is -2.35. The van der Waals surface area contributed by atoms with Gasteiger partial charge in [-0.05, 0) is 31.5 Å². The fourth-order valence-electron chi connectivity index (χ4n) is 2.77. The van der Waals surface area contributed by atoms with Crippen LogP contribution in [0.1, 0.15) is 29.6 Å². The number of benzene rings is 1. The molecule has 1 unspecified atom stereocenters. The summed E-state index contributed by atoms with van der Waals surface area (Å²) in [5, 5.41) is 2.97. The van der Waals surface area contributed by atoms with Crippen molar-refractivity contribution in [1.29, 1.82) is 0 Å². The van der Waals surface area contributed by atoms with Crippen molar-refractivity contribution in [3.63, 3.8) is 0 Å². The summed E-state index contributed by atoms with van der Waals surface area (Å²) in [6, 6.07) is 9.37. The van der Waals surface area contributed by atoms with Crippen molar-refractivity contribution in [2.75, 3.05) is 31.6 Å². The molecule has 1 aromatic rings. The molecule has 0 spiro atoms. The van der Waals surface area contributed by atoms with E-state index in [2.05, 4.69) is 10.2 Å². The van der Waals surface area contributed by atoms with Crippen LogP contribution in [-0.2, 0) is 9.84 Å². The summed E-state index contributed by atoms with van der Waals surface area (Å²) in [4.78, 5) is 14.3.